The highest BCUT2D eigenvalue weighted by Crippen LogP contribution is 2.25. The second-order valence-corrected chi connectivity index (χ2v) is 4.62. The lowest BCUT2D eigenvalue weighted by Gasteiger charge is -2.19. The van der Waals surface area contributed by atoms with Crippen molar-refractivity contribution in [1.82, 2.24) is 20.1 Å². The molecule has 2 heterocycles. The summed E-state index contributed by atoms with van der Waals surface area (Å²) in [6.45, 7) is 7.65. The van der Waals surface area contributed by atoms with Gasteiger partial charge in [0.15, 0.2) is 0 Å². The first kappa shape index (κ1) is 14.7. The highest BCUT2D eigenvalue weighted by molar-refractivity contribution is 5.28. The molecule has 4 nitrogen and oxygen atoms in total. The predicted octanol–water partition coefficient (Wildman–Crippen LogP) is 2.70. The second kappa shape index (κ2) is 6.61. The van der Waals surface area contributed by atoms with Crippen LogP contribution in [-0.2, 0) is 13.0 Å². The lowest BCUT2D eigenvalue weighted by atomic mass is 10.0. The van der Waals surface area contributed by atoms with Gasteiger partial charge in [-0.25, -0.2) is 4.39 Å². The van der Waals surface area contributed by atoms with Crippen LogP contribution >= 0.6 is 0 Å². The van der Waals surface area contributed by atoms with E-state index in [0.717, 1.165) is 30.9 Å². The highest BCUT2D eigenvalue weighted by Gasteiger charge is 2.21. The Kier molecular flexibility index (Phi) is 4.84. The molecule has 20 heavy (non-hydrogen) atoms. The molecule has 0 aliphatic rings. The first-order valence-corrected chi connectivity index (χ1v) is 7.10. The van der Waals surface area contributed by atoms with Crippen molar-refractivity contribution in [2.45, 2.75) is 39.8 Å². The monoisotopic (exact) mass is 276 g/mol. The predicted molar refractivity (Wildman–Crippen MR) is 77.0 cm³/mol. The van der Waals surface area contributed by atoms with Gasteiger partial charge in [0.05, 0.1) is 23.6 Å². The largest absolute Gasteiger partial charge is 0.305 e. The lowest BCUT2D eigenvalue weighted by Crippen LogP contribution is -2.25. The molecule has 2 aromatic rings. The van der Waals surface area contributed by atoms with E-state index in [1.807, 2.05) is 18.5 Å². The summed E-state index contributed by atoms with van der Waals surface area (Å²) in [6.07, 6.45) is 3.75. The molecule has 0 fully saturated rings. The maximum atomic E-state index is 14.0. The fourth-order valence-electron chi connectivity index (χ4n) is 2.34. The van der Waals surface area contributed by atoms with E-state index >= 15 is 0 Å². The van der Waals surface area contributed by atoms with E-state index in [-0.39, 0.29) is 11.9 Å². The molecule has 2 rings (SSSR count). The zero-order valence-electron chi connectivity index (χ0n) is 12.2. The first-order chi connectivity index (χ1) is 9.71. The van der Waals surface area contributed by atoms with Crippen LogP contribution in [0.4, 0.5) is 4.39 Å². The Balaban J connectivity index is 2.48. The lowest BCUT2D eigenvalue weighted by molar-refractivity contribution is 0.512. The van der Waals surface area contributed by atoms with Gasteiger partial charge >= 0.3 is 0 Å². The van der Waals surface area contributed by atoms with Crippen LogP contribution in [-0.4, -0.2) is 21.3 Å². The molecule has 0 bridgehead atoms. The average molecular weight is 276 g/mol. The maximum Gasteiger partial charge on any atom is 0.146 e. The van der Waals surface area contributed by atoms with E-state index in [9.17, 15) is 4.39 Å². The van der Waals surface area contributed by atoms with Crippen molar-refractivity contribution in [3.8, 4) is 0 Å². The van der Waals surface area contributed by atoms with E-state index in [0.29, 0.717) is 5.56 Å². The minimum atomic E-state index is -0.291. The van der Waals surface area contributed by atoms with Crippen LogP contribution in [0.25, 0.3) is 0 Å². The van der Waals surface area contributed by atoms with Crippen LogP contribution in [0.1, 0.15) is 43.8 Å². The van der Waals surface area contributed by atoms with Crippen molar-refractivity contribution in [1.29, 1.82) is 0 Å². The number of pyridine rings is 1. The summed E-state index contributed by atoms with van der Waals surface area (Å²) in [4.78, 5) is 3.82. The van der Waals surface area contributed by atoms with Crippen molar-refractivity contribution in [2.24, 2.45) is 0 Å². The molecule has 1 atom stereocenters. The fourth-order valence-corrected chi connectivity index (χ4v) is 2.34. The van der Waals surface area contributed by atoms with E-state index in [1.54, 1.807) is 12.3 Å². The molecule has 0 saturated heterocycles. The molecule has 0 aliphatic carbocycles. The van der Waals surface area contributed by atoms with Crippen LogP contribution in [0.3, 0.4) is 0 Å². The summed E-state index contributed by atoms with van der Waals surface area (Å²) in [7, 11) is 0. The summed E-state index contributed by atoms with van der Waals surface area (Å²) in [5.41, 5.74) is 2.63. The normalized spacial score (nSPS) is 12.6. The molecule has 0 amide bonds. The van der Waals surface area contributed by atoms with Crippen LogP contribution < -0.4 is 5.32 Å². The van der Waals surface area contributed by atoms with E-state index in [2.05, 4.69) is 28.4 Å². The second-order valence-electron chi connectivity index (χ2n) is 4.62. The number of aromatic nitrogens is 3. The number of hydrogen-bond acceptors (Lipinski definition) is 3. The smallest absolute Gasteiger partial charge is 0.146 e. The van der Waals surface area contributed by atoms with E-state index in [4.69, 9.17) is 0 Å². The summed E-state index contributed by atoms with van der Waals surface area (Å²) < 4.78 is 16.0. The van der Waals surface area contributed by atoms with Crippen molar-refractivity contribution >= 4 is 0 Å². The number of halogens is 1. The Labute approximate surface area is 119 Å². The minimum Gasteiger partial charge on any atom is -0.305 e. The SMILES string of the molecule is CCNC(c1ccncc1F)c1cc(CC)nn1CC. The molecule has 1 unspecified atom stereocenters. The summed E-state index contributed by atoms with van der Waals surface area (Å²) in [5.74, 6) is -0.291. The maximum absolute atomic E-state index is 14.0. The van der Waals surface area contributed by atoms with Gasteiger partial charge in [-0.3, -0.25) is 9.67 Å². The van der Waals surface area contributed by atoms with Crippen LogP contribution in [0.5, 0.6) is 0 Å². The molecule has 0 radical (unpaired) electrons. The molecular weight excluding hydrogens is 255 g/mol. The zero-order chi connectivity index (χ0) is 14.5. The summed E-state index contributed by atoms with van der Waals surface area (Å²) in [6, 6.07) is 3.58. The Morgan fingerprint density at radius 3 is 2.75 bits per heavy atom. The van der Waals surface area contributed by atoms with Gasteiger partial charge in [0, 0.05) is 18.3 Å². The number of hydrogen-bond donors (Lipinski definition) is 1. The van der Waals surface area contributed by atoms with Gasteiger partial charge < -0.3 is 5.32 Å². The van der Waals surface area contributed by atoms with E-state index < -0.39 is 0 Å². The highest BCUT2D eigenvalue weighted by atomic mass is 19.1. The van der Waals surface area contributed by atoms with Crippen molar-refractivity contribution in [3.63, 3.8) is 0 Å². The van der Waals surface area contributed by atoms with Gasteiger partial charge in [-0.1, -0.05) is 13.8 Å². The zero-order valence-corrected chi connectivity index (χ0v) is 12.2. The standard InChI is InChI=1S/C15H21FN4/c1-4-11-9-14(20(6-3)19-11)15(18-5-2)12-7-8-17-10-13(12)16/h7-10,15,18H,4-6H2,1-3H3. The third kappa shape index (κ3) is 2.88. The topological polar surface area (TPSA) is 42.7 Å². The van der Waals surface area contributed by atoms with Gasteiger partial charge in [-0.05, 0) is 32.0 Å². The Hall–Kier alpha value is -1.75. The van der Waals surface area contributed by atoms with Crippen molar-refractivity contribution in [2.75, 3.05) is 6.54 Å². The number of nitrogens with one attached hydrogen (secondary N) is 1. The van der Waals surface area contributed by atoms with Crippen molar-refractivity contribution < 1.29 is 4.39 Å². The third-order valence-electron chi connectivity index (χ3n) is 3.34. The Morgan fingerprint density at radius 2 is 2.15 bits per heavy atom. The van der Waals surface area contributed by atoms with Gasteiger partial charge in [-0.15, -0.1) is 0 Å². The summed E-state index contributed by atoms with van der Waals surface area (Å²) >= 11 is 0. The molecule has 5 heteroatoms. The molecule has 1 N–H and O–H groups in total. The number of aryl methyl sites for hydroxylation is 2. The molecule has 0 spiro atoms. The number of rotatable bonds is 6. The molecule has 0 aromatic carbocycles. The van der Waals surface area contributed by atoms with Gasteiger partial charge in [0.2, 0.25) is 0 Å². The van der Waals surface area contributed by atoms with Gasteiger partial charge in [-0.2, -0.15) is 5.10 Å². The van der Waals surface area contributed by atoms with Crippen molar-refractivity contribution in [3.05, 3.63) is 47.3 Å². The third-order valence-corrected chi connectivity index (χ3v) is 3.34. The van der Waals surface area contributed by atoms with Crippen LogP contribution in [0, 0.1) is 5.82 Å². The number of nitrogens with zero attached hydrogens (tertiary/aromatic N) is 3. The van der Waals surface area contributed by atoms with Crippen LogP contribution in [0.15, 0.2) is 24.5 Å². The minimum absolute atomic E-state index is 0.198. The molecular formula is C15H21FN4. The Bertz CT molecular complexity index is 565. The quantitative estimate of drug-likeness (QED) is 0.882. The average Bonchev–Trinajstić information content (AvgIpc) is 2.89. The van der Waals surface area contributed by atoms with Gasteiger partial charge in [0.1, 0.15) is 5.82 Å². The summed E-state index contributed by atoms with van der Waals surface area (Å²) in [5, 5.41) is 7.88. The molecule has 2 aromatic heterocycles. The van der Waals surface area contributed by atoms with Crippen LogP contribution in [0.2, 0.25) is 0 Å². The molecule has 0 saturated carbocycles. The van der Waals surface area contributed by atoms with Gasteiger partial charge in [0.25, 0.3) is 0 Å². The fraction of sp³-hybridized carbons (Fsp3) is 0.467. The first-order valence-electron chi connectivity index (χ1n) is 7.10. The molecule has 108 valence electrons. The Morgan fingerprint density at radius 1 is 1.35 bits per heavy atom. The van der Waals surface area contributed by atoms with E-state index in [1.165, 1.54) is 6.20 Å². The molecule has 0 aliphatic heterocycles.